The topological polar surface area (TPSA) is 0 Å². The zero-order valence-corrected chi connectivity index (χ0v) is 26.5. The second kappa shape index (κ2) is 11.8. The monoisotopic (exact) mass is 608 g/mol. The highest BCUT2D eigenvalue weighted by Crippen LogP contribution is 2.45. The molecule has 0 bridgehead atoms. The summed E-state index contributed by atoms with van der Waals surface area (Å²) in [6, 6.07) is 70.7. The summed E-state index contributed by atoms with van der Waals surface area (Å²) in [5.74, 6) is 0. The Morgan fingerprint density at radius 1 is 0.208 bits per heavy atom. The van der Waals surface area contributed by atoms with Crippen molar-refractivity contribution in [2.45, 2.75) is 0 Å². The van der Waals surface area contributed by atoms with Crippen molar-refractivity contribution in [2.24, 2.45) is 0 Å². The predicted octanol–water partition coefficient (Wildman–Crippen LogP) is 13.5. The first-order valence-electron chi connectivity index (χ1n) is 16.6. The van der Waals surface area contributed by atoms with Crippen LogP contribution in [0.5, 0.6) is 0 Å². The summed E-state index contributed by atoms with van der Waals surface area (Å²) in [6.07, 6.45) is 0. The van der Waals surface area contributed by atoms with Gasteiger partial charge in [0.05, 0.1) is 0 Å². The van der Waals surface area contributed by atoms with Crippen LogP contribution in [-0.4, -0.2) is 0 Å². The highest BCUT2D eigenvalue weighted by atomic mass is 14.2. The van der Waals surface area contributed by atoms with Gasteiger partial charge >= 0.3 is 0 Å². The van der Waals surface area contributed by atoms with Gasteiger partial charge in [-0.25, -0.2) is 0 Å². The lowest BCUT2D eigenvalue weighted by atomic mass is 9.84. The van der Waals surface area contributed by atoms with Crippen molar-refractivity contribution in [3.8, 4) is 55.6 Å². The molecule has 0 N–H and O–H groups in total. The molecular weight excluding hydrogens is 577 g/mol. The largest absolute Gasteiger partial charge is 0.0622 e. The van der Waals surface area contributed by atoms with Crippen LogP contribution in [0.4, 0.5) is 0 Å². The SMILES string of the molecule is c1ccc(-c2cccc(-c3ccc(-c4c5ccccc5c(-c5ccccc5)c5ccc(-c6cccc7ccccc67)cc45)cc3)c2)cc1. The van der Waals surface area contributed by atoms with E-state index < -0.39 is 0 Å². The predicted molar refractivity (Wildman–Crippen MR) is 206 cm³/mol. The maximum Gasteiger partial charge on any atom is -0.00261 e. The molecule has 0 atom stereocenters. The molecule has 0 unspecified atom stereocenters. The van der Waals surface area contributed by atoms with E-state index in [1.807, 2.05) is 0 Å². The maximum atomic E-state index is 2.42. The molecule has 0 nitrogen and oxygen atoms in total. The van der Waals surface area contributed by atoms with E-state index in [1.165, 1.54) is 88.0 Å². The second-order valence-electron chi connectivity index (χ2n) is 12.5. The molecule has 9 rings (SSSR count). The van der Waals surface area contributed by atoms with E-state index in [4.69, 9.17) is 0 Å². The lowest BCUT2D eigenvalue weighted by molar-refractivity contribution is 1.58. The van der Waals surface area contributed by atoms with Crippen LogP contribution in [0.15, 0.2) is 194 Å². The Kier molecular flexibility index (Phi) is 6.91. The van der Waals surface area contributed by atoms with Gasteiger partial charge in [-0.05, 0) is 100 Å². The van der Waals surface area contributed by atoms with Crippen LogP contribution < -0.4 is 0 Å². The van der Waals surface area contributed by atoms with Gasteiger partial charge in [0.2, 0.25) is 0 Å². The number of rotatable bonds is 5. The fourth-order valence-electron chi connectivity index (χ4n) is 7.39. The van der Waals surface area contributed by atoms with Crippen molar-refractivity contribution in [2.75, 3.05) is 0 Å². The lowest BCUT2D eigenvalue weighted by Crippen LogP contribution is -1.92. The van der Waals surface area contributed by atoms with Crippen molar-refractivity contribution in [1.29, 1.82) is 0 Å². The number of hydrogen-bond acceptors (Lipinski definition) is 0. The van der Waals surface area contributed by atoms with E-state index in [0.29, 0.717) is 0 Å². The molecule has 0 heteroatoms. The minimum absolute atomic E-state index is 1.21. The summed E-state index contributed by atoms with van der Waals surface area (Å²) < 4.78 is 0. The minimum Gasteiger partial charge on any atom is -0.0622 e. The molecule has 9 aromatic carbocycles. The van der Waals surface area contributed by atoms with Crippen LogP contribution in [-0.2, 0) is 0 Å². The lowest BCUT2D eigenvalue weighted by Gasteiger charge is -2.19. The molecule has 0 aliphatic heterocycles. The molecule has 9 aromatic rings. The Bertz CT molecular complexity index is 2570. The van der Waals surface area contributed by atoms with E-state index in [-0.39, 0.29) is 0 Å². The van der Waals surface area contributed by atoms with Gasteiger partial charge in [-0.1, -0.05) is 182 Å². The molecule has 0 saturated heterocycles. The molecule has 0 aliphatic rings. The standard InChI is InChI=1S/C48H32/c1-3-13-33(14-4-1)38-19-11-20-39(31-38)34-25-27-37(28-26-34)48-44-23-10-9-22-43(44)47(36-16-5-2-6-17-36)45-30-29-40(32-46(45)48)42-24-12-18-35-15-7-8-21-41(35)42/h1-32H. The van der Waals surface area contributed by atoms with E-state index in [9.17, 15) is 0 Å². The molecule has 224 valence electrons. The van der Waals surface area contributed by atoms with E-state index in [0.717, 1.165) is 0 Å². The average Bonchev–Trinajstić information content (AvgIpc) is 3.17. The Hall–Kier alpha value is -6.24. The number of benzene rings is 9. The Balaban J connectivity index is 1.27. The first-order chi connectivity index (χ1) is 23.8. The van der Waals surface area contributed by atoms with Crippen LogP contribution in [0.3, 0.4) is 0 Å². The summed E-state index contributed by atoms with van der Waals surface area (Å²) in [5, 5.41) is 7.58. The van der Waals surface area contributed by atoms with Crippen LogP contribution >= 0.6 is 0 Å². The molecule has 0 spiro atoms. The van der Waals surface area contributed by atoms with Crippen molar-refractivity contribution >= 4 is 32.3 Å². The number of fused-ring (bicyclic) bond motifs is 3. The normalized spacial score (nSPS) is 11.3. The van der Waals surface area contributed by atoms with Crippen molar-refractivity contribution in [1.82, 2.24) is 0 Å². The van der Waals surface area contributed by atoms with Gasteiger partial charge < -0.3 is 0 Å². The molecule has 0 heterocycles. The molecule has 0 radical (unpaired) electrons. The third kappa shape index (κ3) is 4.87. The van der Waals surface area contributed by atoms with Crippen LogP contribution in [0.25, 0.3) is 88.0 Å². The second-order valence-corrected chi connectivity index (χ2v) is 12.5. The number of hydrogen-bond donors (Lipinski definition) is 0. The van der Waals surface area contributed by atoms with Gasteiger partial charge in [0.1, 0.15) is 0 Å². The van der Waals surface area contributed by atoms with Gasteiger partial charge in [-0.2, -0.15) is 0 Å². The first-order valence-corrected chi connectivity index (χ1v) is 16.6. The smallest absolute Gasteiger partial charge is 0.00261 e. The fraction of sp³-hybridized carbons (Fsp3) is 0. The third-order valence-corrected chi connectivity index (χ3v) is 9.66. The Morgan fingerprint density at radius 2 is 0.646 bits per heavy atom. The van der Waals surface area contributed by atoms with Crippen LogP contribution in [0, 0.1) is 0 Å². The van der Waals surface area contributed by atoms with Crippen LogP contribution in [0.1, 0.15) is 0 Å². The van der Waals surface area contributed by atoms with Gasteiger partial charge in [-0.15, -0.1) is 0 Å². The van der Waals surface area contributed by atoms with Gasteiger partial charge in [0.25, 0.3) is 0 Å². The average molecular weight is 609 g/mol. The minimum atomic E-state index is 1.21. The van der Waals surface area contributed by atoms with E-state index >= 15 is 0 Å². The summed E-state index contributed by atoms with van der Waals surface area (Å²) in [4.78, 5) is 0. The summed E-state index contributed by atoms with van der Waals surface area (Å²) >= 11 is 0. The van der Waals surface area contributed by atoms with Crippen molar-refractivity contribution in [3.63, 3.8) is 0 Å². The quantitative estimate of drug-likeness (QED) is 0.171. The summed E-state index contributed by atoms with van der Waals surface area (Å²) in [7, 11) is 0. The van der Waals surface area contributed by atoms with E-state index in [2.05, 4.69) is 194 Å². The maximum absolute atomic E-state index is 2.42. The molecule has 0 aliphatic carbocycles. The zero-order valence-electron chi connectivity index (χ0n) is 26.5. The molecule has 0 amide bonds. The molecule has 0 aromatic heterocycles. The van der Waals surface area contributed by atoms with Gasteiger partial charge in [0.15, 0.2) is 0 Å². The van der Waals surface area contributed by atoms with Crippen LogP contribution in [0.2, 0.25) is 0 Å². The fourth-order valence-corrected chi connectivity index (χ4v) is 7.39. The summed E-state index contributed by atoms with van der Waals surface area (Å²) in [5.41, 5.74) is 12.4. The zero-order chi connectivity index (χ0) is 31.9. The molecule has 0 fully saturated rings. The summed E-state index contributed by atoms with van der Waals surface area (Å²) in [6.45, 7) is 0. The Labute approximate surface area is 281 Å². The highest BCUT2D eigenvalue weighted by molar-refractivity contribution is 6.22. The Morgan fingerprint density at radius 3 is 1.35 bits per heavy atom. The molecule has 0 saturated carbocycles. The molecule has 48 heavy (non-hydrogen) atoms. The van der Waals surface area contributed by atoms with E-state index in [1.54, 1.807) is 0 Å². The van der Waals surface area contributed by atoms with Crippen molar-refractivity contribution < 1.29 is 0 Å². The first kappa shape index (κ1) is 28.0. The highest BCUT2D eigenvalue weighted by Gasteiger charge is 2.18. The van der Waals surface area contributed by atoms with Gasteiger partial charge in [0, 0.05) is 0 Å². The van der Waals surface area contributed by atoms with Crippen molar-refractivity contribution in [3.05, 3.63) is 194 Å². The molecular formula is C48H32. The van der Waals surface area contributed by atoms with Gasteiger partial charge in [-0.3, -0.25) is 0 Å². The third-order valence-electron chi connectivity index (χ3n) is 9.66.